The van der Waals surface area contributed by atoms with Gasteiger partial charge in [0.05, 0.1) is 0 Å². The van der Waals surface area contributed by atoms with Gasteiger partial charge < -0.3 is 5.32 Å². The van der Waals surface area contributed by atoms with Gasteiger partial charge in [0.15, 0.2) is 0 Å². The number of amides is 1. The molecular weight excluding hydrogens is 150 g/mol. The Bertz CT molecular complexity index is 134. The number of nitrogens with one attached hydrogen (secondary N) is 1. The highest BCUT2D eigenvalue weighted by molar-refractivity contribution is 6.31. The predicted octanol–water partition coefficient (Wildman–Crippen LogP) is 1.14. The summed E-state index contributed by atoms with van der Waals surface area (Å²) in [5, 5.41) is 2.25. The van der Waals surface area contributed by atoms with Crippen molar-refractivity contribution in [1.82, 2.24) is 5.32 Å². The van der Waals surface area contributed by atoms with Crippen molar-refractivity contribution in [3.05, 3.63) is 0 Å². The molecule has 1 saturated carbocycles. The molecule has 0 heterocycles. The van der Waals surface area contributed by atoms with Gasteiger partial charge >= 0.3 is 0 Å². The van der Waals surface area contributed by atoms with Crippen LogP contribution in [0.3, 0.4) is 0 Å². The van der Waals surface area contributed by atoms with Crippen molar-refractivity contribution in [2.24, 2.45) is 5.92 Å². The van der Waals surface area contributed by atoms with E-state index in [0.717, 1.165) is 12.8 Å². The van der Waals surface area contributed by atoms with Crippen LogP contribution in [0.5, 0.6) is 0 Å². The third-order valence-corrected chi connectivity index (χ3v) is 2.62. The second kappa shape index (κ2) is 3.24. The molecule has 0 radical (unpaired) electrons. The van der Waals surface area contributed by atoms with E-state index in [1.807, 2.05) is 0 Å². The smallest absolute Gasteiger partial charge is 0.238 e. The Morgan fingerprint density at radius 1 is 1.70 bits per heavy atom. The molecule has 1 atom stereocenters. The maximum absolute atomic E-state index is 10.9. The molecule has 1 aliphatic carbocycles. The Morgan fingerprint density at radius 3 is 2.60 bits per heavy atom. The van der Waals surface area contributed by atoms with Crippen LogP contribution in [0.15, 0.2) is 0 Å². The SMILES string of the molecule is CNC(=O)C(Cl)C1CCC1. The molecule has 0 spiro atoms. The number of hydrogen-bond donors (Lipinski definition) is 1. The molecule has 0 aromatic rings. The van der Waals surface area contributed by atoms with Crippen LogP contribution in [0.1, 0.15) is 19.3 Å². The topological polar surface area (TPSA) is 29.1 Å². The molecule has 0 aliphatic heterocycles. The summed E-state index contributed by atoms with van der Waals surface area (Å²) in [7, 11) is 1.62. The highest BCUT2D eigenvalue weighted by Crippen LogP contribution is 2.32. The van der Waals surface area contributed by atoms with Gasteiger partial charge in [0.25, 0.3) is 0 Å². The fourth-order valence-corrected chi connectivity index (χ4v) is 1.45. The second-order valence-electron chi connectivity index (χ2n) is 2.71. The minimum Gasteiger partial charge on any atom is -0.358 e. The lowest BCUT2D eigenvalue weighted by atomic mass is 9.82. The van der Waals surface area contributed by atoms with Crippen LogP contribution in [0.25, 0.3) is 0 Å². The van der Waals surface area contributed by atoms with E-state index in [2.05, 4.69) is 5.32 Å². The van der Waals surface area contributed by atoms with Gasteiger partial charge in [0.2, 0.25) is 5.91 Å². The van der Waals surface area contributed by atoms with Crippen molar-refractivity contribution in [3.63, 3.8) is 0 Å². The van der Waals surface area contributed by atoms with Gasteiger partial charge in [-0.15, -0.1) is 11.6 Å². The Kier molecular flexibility index (Phi) is 2.55. The first kappa shape index (κ1) is 7.86. The Labute approximate surface area is 65.9 Å². The monoisotopic (exact) mass is 161 g/mol. The lowest BCUT2D eigenvalue weighted by molar-refractivity contribution is -0.121. The van der Waals surface area contributed by atoms with E-state index < -0.39 is 0 Å². The molecule has 1 aliphatic rings. The number of alkyl halides is 1. The van der Waals surface area contributed by atoms with Crippen molar-refractivity contribution < 1.29 is 4.79 Å². The highest BCUT2D eigenvalue weighted by atomic mass is 35.5. The van der Waals surface area contributed by atoms with Crippen molar-refractivity contribution in [3.8, 4) is 0 Å². The maximum Gasteiger partial charge on any atom is 0.238 e. The van der Waals surface area contributed by atoms with Crippen LogP contribution in [0.2, 0.25) is 0 Å². The molecule has 1 rings (SSSR count). The van der Waals surface area contributed by atoms with Crippen molar-refractivity contribution in [1.29, 1.82) is 0 Å². The zero-order valence-electron chi connectivity index (χ0n) is 6.06. The molecule has 3 heteroatoms. The predicted molar refractivity (Wildman–Crippen MR) is 41.0 cm³/mol. The van der Waals surface area contributed by atoms with Crippen molar-refractivity contribution >= 4 is 17.5 Å². The quantitative estimate of drug-likeness (QED) is 0.605. The maximum atomic E-state index is 10.9. The van der Waals surface area contributed by atoms with Crippen LogP contribution in [-0.2, 0) is 4.79 Å². The molecule has 1 N–H and O–H groups in total. The van der Waals surface area contributed by atoms with Crippen molar-refractivity contribution in [2.45, 2.75) is 24.6 Å². The lowest BCUT2D eigenvalue weighted by Gasteiger charge is -2.28. The summed E-state index contributed by atoms with van der Waals surface area (Å²) in [6.07, 6.45) is 3.45. The first-order chi connectivity index (χ1) is 4.75. The fraction of sp³-hybridized carbons (Fsp3) is 0.857. The molecule has 0 aromatic heterocycles. The normalized spacial score (nSPS) is 21.4. The van der Waals surface area contributed by atoms with Crippen LogP contribution >= 0.6 is 11.6 Å². The van der Waals surface area contributed by atoms with Crippen LogP contribution in [0, 0.1) is 5.92 Å². The molecule has 0 aromatic carbocycles. The van der Waals surface area contributed by atoms with Gasteiger partial charge in [0, 0.05) is 7.05 Å². The van der Waals surface area contributed by atoms with Crippen LogP contribution in [-0.4, -0.2) is 18.3 Å². The second-order valence-corrected chi connectivity index (χ2v) is 3.18. The number of carbonyl (C=O) groups excluding carboxylic acids is 1. The Morgan fingerprint density at radius 2 is 2.30 bits per heavy atom. The van der Waals surface area contributed by atoms with Crippen LogP contribution in [0.4, 0.5) is 0 Å². The molecule has 0 saturated heterocycles. The van der Waals surface area contributed by atoms with E-state index >= 15 is 0 Å². The summed E-state index contributed by atoms with van der Waals surface area (Å²) in [4.78, 5) is 10.9. The molecule has 1 amide bonds. The van der Waals surface area contributed by atoms with Gasteiger partial charge in [-0.05, 0) is 18.8 Å². The van der Waals surface area contributed by atoms with Crippen molar-refractivity contribution in [2.75, 3.05) is 7.05 Å². The lowest BCUT2D eigenvalue weighted by Crippen LogP contribution is -2.36. The molecule has 0 bridgehead atoms. The minimum absolute atomic E-state index is 0.0358. The van der Waals surface area contributed by atoms with E-state index in [-0.39, 0.29) is 11.3 Å². The largest absolute Gasteiger partial charge is 0.358 e. The number of rotatable bonds is 2. The number of hydrogen-bond acceptors (Lipinski definition) is 1. The molecule has 58 valence electrons. The summed E-state index contributed by atoms with van der Waals surface area (Å²) in [6.45, 7) is 0. The summed E-state index contributed by atoms with van der Waals surface area (Å²) < 4.78 is 0. The summed E-state index contributed by atoms with van der Waals surface area (Å²) >= 11 is 5.82. The average Bonchev–Trinajstić information content (AvgIpc) is 1.82. The third-order valence-electron chi connectivity index (χ3n) is 2.06. The summed E-state index contributed by atoms with van der Waals surface area (Å²) in [5.74, 6) is 0.396. The average molecular weight is 162 g/mol. The molecular formula is C7H12ClNO. The third kappa shape index (κ3) is 1.43. The van der Waals surface area contributed by atoms with E-state index in [1.54, 1.807) is 7.05 Å². The first-order valence-electron chi connectivity index (χ1n) is 3.61. The van der Waals surface area contributed by atoms with Gasteiger partial charge in [0.1, 0.15) is 5.38 Å². The minimum atomic E-state index is -0.293. The van der Waals surface area contributed by atoms with Gasteiger partial charge in [-0.1, -0.05) is 6.42 Å². The summed E-state index contributed by atoms with van der Waals surface area (Å²) in [5.41, 5.74) is 0. The van der Waals surface area contributed by atoms with E-state index in [4.69, 9.17) is 11.6 Å². The van der Waals surface area contributed by atoms with Gasteiger partial charge in [-0.2, -0.15) is 0 Å². The highest BCUT2D eigenvalue weighted by Gasteiger charge is 2.29. The first-order valence-corrected chi connectivity index (χ1v) is 4.05. The summed E-state index contributed by atoms with van der Waals surface area (Å²) in [6, 6.07) is 0. The number of halogens is 1. The van der Waals surface area contributed by atoms with Crippen LogP contribution < -0.4 is 5.32 Å². The molecule has 1 unspecified atom stereocenters. The standard InChI is InChI=1S/C7H12ClNO/c1-9-7(10)6(8)5-3-2-4-5/h5-6H,2-4H2,1H3,(H,9,10). The number of carbonyl (C=O) groups is 1. The molecule has 1 fully saturated rings. The van der Waals surface area contributed by atoms with Gasteiger partial charge in [-0.25, -0.2) is 0 Å². The Balaban J connectivity index is 2.31. The van der Waals surface area contributed by atoms with E-state index in [0.29, 0.717) is 5.92 Å². The van der Waals surface area contributed by atoms with E-state index in [1.165, 1.54) is 6.42 Å². The Hall–Kier alpha value is -0.240. The zero-order valence-corrected chi connectivity index (χ0v) is 6.82. The molecule has 2 nitrogen and oxygen atoms in total. The van der Waals surface area contributed by atoms with Gasteiger partial charge in [-0.3, -0.25) is 4.79 Å². The van der Waals surface area contributed by atoms with E-state index in [9.17, 15) is 4.79 Å². The molecule has 10 heavy (non-hydrogen) atoms. The zero-order chi connectivity index (χ0) is 7.56. The fourth-order valence-electron chi connectivity index (χ4n) is 1.08.